The zero-order chi connectivity index (χ0) is 23.2. The van der Waals surface area contributed by atoms with Crippen molar-refractivity contribution < 1.29 is 19.5 Å². The molecule has 31 heavy (non-hydrogen) atoms. The third kappa shape index (κ3) is 5.66. The molecule has 6 heteroatoms. The van der Waals surface area contributed by atoms with Gasteiger partial charge < -0.3 is 9.84 Å². The van der Waals surface area contributed by atoms with E-state index >= 15 is 0 Å². The van der Waals surface area contributed by atoms with Crippen molar-refractivity contribution in [3.63, 3.8) is 0 Å². The highest BCUT2D eigenvalue weighted by molar-refractivity contribution is 5.80. The van der Waals surface area contributed by atoms with Gasteiger partial charge in [0.1, 0.15) is 6.10 Å². The molecule has 174 valence electrons. The van der Waals surface area contributed by atoms with Crippen LogP contribution in [0, 0.1) is 5.92 Å². The molecule has 0 bridgehead atoms. The van der Waals surface area contributed by atoms with Gasteiger partial charge in [-0.25, -0.2) is 0 Å². The molecule has 6 nitrogen and oxygen atoms in total. The average Bonchev–Trinajstić information content (AvgIpc) is 2.77. The molecule has 5 unspecified atom stereocenters. The van der Waals surface area contributed by atoms with Crippen LogP contribution < -0.4 is 0 Å². The van der Waals surface area contributed by atoms with E-state index in [2.05, 4.69) is 58.7 Å². The van der Waals surface area contributed by atoms with E-state index < -0.39 is 5.97 Å². The van der Waals surface area contributed by atoms with E-state index in [0.29, 0.717) is 12.3 Å². The number of carboxylic acids is 1. The molecule has 1 fully saturated rings. The first-order valence-corrected chi connectivity index (χ1v) is 11.5. The van der Waals surface area contributed by atoms with E-state index in [1.807, 2.05) is 18.2 Å². The molecule has 0 saturated carbocycles. The van der Waals surface area contributed by atoms with Crippen LogP contribution in [0.1, 0.15) is 85.3 Å². The van der Waals surface area contributed by atoms with E-state index in [4.69, 9.17) is 19.7 Å². The molecule has 0 amide bonds. The zero-order valence-electron chi connectivity index (χ0n) is 20.2. The molecule has 5 atom stereocenters. The maximum absolute atomic E-state index is 11.0. The molecule has 0 spiro atoms. The summed E-state index contributed by atoms with van der Waals surface area (Å²) in [6.45, 7) is 13.2. The van der Waals surface area contributed by atoms with Crippen LogP contribution in [0.4, 0.5) is 0 Å². The van der Waals surface area contributed by atoms with Crippen LogP contribution in [-0.2, 0) is 14.4 Å². The van der Waals surface area contributed by atoms with Crippen molar-refractivity contribution in [1.29, 1.82) is 0 Å². The summed E-state index contributed by atoms with van der Waals surface area (Å²) >= 11 is 0. The molecular formula is C25H40N2O4. The first-order valence-electron chi connectivity index (χ1n) is 11.5. The van der Waals surface area contributed by atoms with Crippen LogP contribution in [-0.4, -0.2) is 46.3 Å². The van der Waals surface area contributed by atoms with Gasteiger partial charge in [0, 0.05) is 17.5 Å². The van der Waals surface area contributed by atoms with Crippen molar-refractivity contribution >= 4 is 11.9 Å². The van der Waals surface area contributed by atoms with Crippen molar-refractivity contribution in [3.8, 4) is 0 Å². The second kappa shape index (κ2) is 10.6. The van der Waals surface area contributed by atoms with Crippen molar-refractivity contribution in [2.24, 2.45) is 10.9 Å². The predicted molar refractivity (Wildman–Crippen MR) is 124 cm³/mol. The normalized spacial score (nSPS) is 30.7. The number of aliphatic carboxylic acids is 1. The van der Waals surface area contributed by atoms with E-state index in [1.165, 1.54) is 0 Å². The molecule has 1 aliphatic rings. The standard InChI is InChI=1S/C25H40N2O4/c1-8-24(5)17-21(26-22(30-7)15-16-23(28)29)18(3)25(6,9-2)27(24)31-19(4)20-13-11-10-12-14-20/h10-14,18-19,21H,8-9,15-17H2,1-7H3,(H,28,29). The van der Waals surface area contributed by atoms with Crippen LogP contribution in [0.25, 0.3) is 0 Å². The second-order valence-electron chi connectivity index (χ2n) is 9.19. The van der Waals surface area contributed by atoms with Gasteiger partial charge in [-0.05, 0) is 51.5 Å². The van der Waals surface area contributed by atoms with E-state index in [-0.39, 0.29) is 35.6 Å². The van der Waals surface area contributed by atoms with E-state index in [9.17, 15) is 4.79 Å². The molecule has 1 aromatic carbocycles. The number of carboxylic acid groups (broad SMARTS) is 1. The highest BCUT2D eigenvalue weighted by Crippen LogP contribution is 2.48. The van der Waals surface area contributed by atoms with Gasteiger partial charge >= 0.3 is 5.97 Å². The predicted octanol–water partition coefficient (Wildman–Crippen LogP) is 5.64. The fraction of sp³-hybridized carbons (Fsp3) is 0.680. The average molecular weight is 433 g/mol. The maximum Gasteiger partial charge on any atom is 0.303 e. The number of hydrogen-bond donors (Lipinski definition) is 1. The minimum Gasteiger partial charge on any atom is -0.484 e. The Morgan fingerprint density at radius 1 is 1.23 bits per heavy atom. The number of carbonyl (C=O) groups is 1. The second-order valence-corrected chi connectivity index (χ2v) is 9.19. The summed E-state index contributed by atoms with van der Waals surface area (Å²) in [7, 11) is 1.57. The highest BCUT2D eigenvalue weighted by atomic mass is 16.7. The molecule has 1 aliphatic heterocycles. The van der Waals surface area contributed by atoms with E-state index in [1.54, 1.807) is 7.11 Å². The lowest BCUT2D eigenvalue weighted by atomic mass is 9.68. The van der Waals surface area contributed by atoms with Gasteiger partial charge in [0.2, 0.25) is 0 Å². The molecule has 0 aliphatic carbocycles. The lowest BCUT2D eigenvalue weighted by molar-refractivity contribution is -0.326. The van der Waals surface area contributed by atoms with Gasteiger partial charge in [-0.1, -0.05) is 51.1 Å². The van der Waals surface area contributed by atoms with Crippen LogP contribution >= 0.6 is 0 Å². The SMILES string of the molecule is CCC1(C)CC(N=C(CCC(=O)O)OC)C(C)C(C)(CC)N1OC(C)c1ccccc1. The number of aliphatic imine (C=N–C) groups is 1. The molecule has 0 aromatic heterocycles. The molecule has 1 heterocycles. The monoisotopic (exact) mass is 432 g/mol. The first kappa shape index (κ1) is 25.3. The number of benzene rings is 1. The summed E-state index contributed by atoms with van der Waals surface area (Å²) in [6.07, 6.45) is 2.92. The summed E-state index contributed by atoms with van der Waals surface area (Å²) in [4.78, 5) is 22.6. The molecule has 0 radical (unpaired) electrons. The van der Waals surface area contributed by atoms with Crippen molar-refractivity contribution in [3.05, 3.63) is 35.9 Å². The number of rotatable bonds is 9. The third-order valence-corrected chi connectivity index (χ3v) is 7.27. The Morgan fingerprint density at radius 3 is 2.39 bits per heavy atom. The van der Waals surface area contributed by atoms with Crippen LogP contribution in [0.2, 0.25) is 0 Å². The molecule has 1 aromatic rings. The van der Waals surface area contributed by atoms with Crippen LogP contribution in [0.15, 0.2) is 35.3 Å². The number of nitrogens with zero attached hydrogens (tertiary/aromatic N) is 2. The van der Waals surface area contributed by atoms with Gasteiger partial charge in [0.15, 0.2) is 5.90 Å². The van der Waals surface area contributed by atoms with E-state index in [0.717, 1.165) is 24.8 Å². The lowest BCUT2D eigenvalue weighted by Crippen LogP contribution is -2.67. The Kier molecular flexibility index (Phi) is 8.66. The van der Waals surface area contributed by atoms with Gasteiger partial charge in [0.05, 0.1) is 19.6 Å². The molecule has 1 saturated heterocycles. The smallest absolute Gasteiger partial charge is 0.303 e. The fourth-order valence-corrected chi connectivity index (χ4v) is 4.65. The first-order chi connectivity index (χ1) is 14.6. The lowest BCUT2D eigenvalue weighted by Gasteiger charge is -2.59. The third-order valence-electron chi connectivity index (χ3n) is 7.27. The Balaban J connectivity index is 2.36. The molecule has 1 N–H and O–H groups in total. The van der Waals surface area contributed by atoms with Gasteiger partial charge in [-0.2, -0.15) is 5.06 Å². The molecular weight excluding hydrogens is 392 g/mol. The maximum atomic E-state index is 11.0. The van der Waals surface area contributed by atoms with Crippen molar-refractivity contribution in [2.75, 3.05) is 7.11 Å². The Hall–Kier alpha value is -1.92. The molecule has 2 rings (SSSR count). The summed E-state index contributed by atoms with van der Waals surface area (Å²) in [5.74, 6) is -0.119. The number of hydroxylamine groups is 2. The Labute approximate surface area is 187 Å². The fourth-order valence-electron chi connectivity index (χ4n) is 4.65. The number of hydrogen-bond acceptors (Lipinski definition) is 5. The summed E-state index contributed by atoms with van der Waals surface area (Å²) in [5, 5.41) is 11.3. The van der Waals surface area contributed by atoms with Crippen molar-refractivity contribution in [2.45, 2.75) is 96.9 Å². The van der Waals surface area contributed by atoms with Crippen molar-refractivity contribution in [1.82, 2.24) is 5.06 Å². The Bertz CT molecular complexity index is 753. The summed E-state index contributed by atoms with van der Waals surface area (Å²) < 4.78 is 5.45. The van der Waals surface area contributed by atoms with Gasteiger partial charge in [0.25, 0.3) is 0 Å². The summed E-state index contributed by atoms with van der Waals surface area (Å²) in [5.41, 5.74) is 0.717. The Morgan fingerprint density at radius 2 is 1.87 bits per heavy atom. The minimum atomic E-state index is -0.840. The number of ether oxygens (including phenoxy) is 1. The van der Waals surface area contributed by atoms with Gasteiger partial charge in [-0.15, -0.1) is 0 Å². The number of piperidine rings is 1. The summed E-state index contributed by atoms with van der Waals surface area (Å²) in [6, 6.07) is 10.3. The van der Waals surface area contributed by atoms with Crippen LogP contribution in [0.3, 0.4) is 0 Å². The largest absolute Gasteiger partial charge is 0.484 e. The number of methoxy groups -OCH3 is 1. The van der Waals surface area contributed by atoms with Gasteiger partial charge in [-0.3, -0.25) is 14.6 Å². The highest BCUT2D eigenvalue weighted by Gasteiger charge is 2.54. The quantitative estimate of drug-likeness (QED) is 0.404. The topological polar surface area (TPSA) is 71.4 Å². The zero-order valence-corrected chi connectivity index (χ0v) is 20.2. The van der Waals surface area contributed by atoms with Crippen LogP contribution in [0.5, 0.6) is 0 Å². The minimum absolute atomic E-state index is 0.0215.